The molecule has 178 valence electrons. The normalized spacial score (nSPS) is 19.3. The second-order valence-electron chi connectivity index (χ2n) is 9.46. The van der Waals surface area contributed by atoms with Gasteiger partial charge >= 0.3 is 6.18 Å². The molecule has 2 fully saturated rings. The van der Waals surface area contributed by atoms with Gasteiger partial charge in [-0.25, -0.2) is 9.97 Å². The van der Waals surface area contributed by atoms with E-state index in [9.17, 15) is 13.2 Å². The van der Waals surface area contributed by atoms with E-state index in [0.717, 1.165) is 49.1 Å². The number of hydrogen-bond acceptors (Lipinski definition) is 7. The standard InChI is InChI=1S/C22H22ClF3N8/c1-14-27-5-4-18(28-14)32-9-21(10-32)11-33(12-21)20-30-29-19-8-31(13-22(24,25)26)7-15-6-16(23)2-3-17(15)34(19)20/h2-6H,7-13H2,1H3. The summed E-state index contributed by atoms with van der Waals surface area (Å²) in [7, 11) is 0. The highest BCUT2D eigenvalue weighted by Crippen LogP contribution is 2.44. The van der Waals surface area contributed by atoms with Crippen LogP contribution in [0.15, 0.2) is 30.5 Å². The van der Waals surface area contributed by atoms with E-state index in [0.29, 0.717) is 16.8 Å². The van der Waals surface area contributed by atoms with E-state index < -0.39 is 12.7 Å². The lowest BCUT2D eigenvalue weighted by Crippen LogP contribution is -2.73. The molecule has 0 atom stereocenters. The lowest BCUT2D eigenvalue weighted by Gasteiger charge is -2.60. The largest absolute Gasteiger partial charge is 0.401 e. The van der Waals surface area contributed by atoms with Gasteiger partial charge < -0.3 is 9.80 Å². The van der Waals surface area contributed by atoms with E-state index in [1.54, 1.807) is 18.3 Å². The van der Waals surface area contributed by atoms with Crippen LogP contribution in [0.3, 0.4) is 0 Å². The summed E-state index contributed by atoms with van der Waals surface area (Å²) in [5, 5.41) is 9.16. The van der Waals surface area contributed by atoms with Gasteiger partial charge in [-0.15, -0.1) is 10.2 Å². The smallest absolute Gasteiger partial charge is 0.355 e. The van der Waals surface area contributed by atoms with Crippen LogP contribution in [0.5, 0.6) is 0 Å². The molecule has 34 heavy (non-hydrogen) atoms. The minimum Gasteiger partial charge on any atom is -0.355 e. The Bertz CT molecular complexity index is 1250. The molecule has 8 nitrogen and oxygen atoms in total. The van der Waals surface area contributed by atoms with Crippen LogP contribution in [-0.4, -0.2) is 68.5 Å². The summed E-state index contributed by atoms with van der Waals surface area (Å²) in [4.78, 5) is 14.4. The topological polar surface area (TPSA) is 66.2 Å². The van der Waals surface area contributed by atoms with E-state index in [1.165, 1.54) is 4.90 Å². The molecule has 0 N–H and O–H groups in total. The maximum atomic E-state index is 13.2. The number of benzene rings is 1. The number of rotatable bonds is 3. The second-order valence-corrected chi connectivity index (χ2v) is 9.90. The summed E-state index contributed by atoms with van der Waals surface area (Å²) in [6.07, 6.45) is -2.54. The van der Waals surface area contributed by atoms with Gasteiger partial charge in [-0.1, -0.05) is 11.6 Å². The number of aromatic nitrogens is 5. The molecule has 0 aliphatic carbocycles. The van der Waals surface area contributed by atoms with Gasteiger partial charge in [-0.05, 0) is 36.8 Å². The minimum absolute atomic E-state index is 0.0542. The number of nitrogens with zero attached hydrogens (tertiary/aromatic N) is 8. The molecular formula is C22H22ClF3N8. The molecule has 2 saturated heterocycles. The predicted molar refractivity (Wildman–Crippen MR) is 120 cm³/mol. The Morgan fingerprint density at radius 3 is 2.53 bits per heavy atom. The summed E-state index contributed by atoms with van der Waals surface area (Å²) in [6, 6.07) is 7.23. The average Bonchev–Trinajstić information content (AvgIpc) is 3.01. The van der Waals surface area contributed by atoms with Crippen LogP contribution < -0.4 is 9.80 Å². The van der Waals surface area contributed by atoms with Crippen LogP contribution in [0, 0.1) is 12.3 Å². The Labute approximate surface area is 199 Å². The van der Waals surface area contributed by atoms with Crippen molar-refractivity contribution in [1.29, 1.82) is 0 Å². The van der Waals surface area contributed by atoms with E-state index in [-0.39, 0.29) is 18.5 Å². The molecule has 2 aromatic heterocycles. The highest BCUT2D eigenvalue weighted by molar-refractivity contribution is 6.30. The molecular weight excluding hydrogens is 469 g/mol. The van der Waals surface area contributed by atoms with Crippen molar-refractivity contribution in [3.05, 3.63) is 52.7 Å². The zero-order valence-electron chi connectivity index (χ0n) is 18.4. The zero-order chi connectivity index (χ0) is 23.7. The summed E-state index contributed by atoms with van der Waals surface area (Å²) in [5.74, 6) is 2.84. The van der Waals surface area contributed by atoms with Gasteiger partial charge in [0, 0.05) is 49.4 Å². The third kappa shape index (κ3) is 3.76. The molecule has 1 aromatic carbocycles. The number of hydrogen-bond donors (Lipinski definition) is 0. The predicted octanol–water partition coefficient (Wildman–Crippen LogP) is 3.22. The highest BCUT2D eigenvalue weighted by Gasteiger charge is 2.53. The molecule has 3 aromatic rings. The van der Waals surface area contributed by atoms with E-state index in [1.807, 2.05) is 23.6 Å². The van der Waals surface area contributed by atoms with Gasteiger partial charge in [0.05, 0.1) is 18.8 Å². The fraction of sp³-hybridized carbons (Fsp3) is 0.455. The van der Waals surface area contributed by atoms with E-state index in [2.05, 4.69) is 30.0 Å². The molecule has 3 aliphatic rings. The van der Waals surface area contributed by atoms with Crippen molar-refractivity contribution in [3.8, 4) is 5.69 Å². The molecule has 0 amide bonds. The minimum atomic E-state index is -4.31. The van der Waals surface area contributed by atoms with Crippen LogP contribution in [0.2, 0.25) is 5.02 Å². The van der Waals surface area contributed by atoms with Crippen LogP contribution >= 0.6 is 11.6 Å². The molecule has 12 heteroatoms. The van der Waals surface area contributed by atoms with Crippen molar-refractivity contribution in [1.82, 2.24) is 29.6 Å². The SMILES string of the molecule is Cc1nccc(N2CC3(C2)CN(c2nnc4n2-c2ccc(Cl)cc2CN(CC(F)(F)F)C4)C3)n1. The third-order valence-corrected chi connectivity index (χ3v) is 6.87. The Morgan fingerprint density at radius 2 is 1.79 bits per heavy atom. The first-order valence-electron chi connectivity index (χ1n) is 11.0. The first kappa shape index (κ1) is 21.6. The Morgan fingerprint density at radius 1 is 1.03 bits per heavy atom. The number of aryl methyl sites for hydroxylation is 1. The molecule has 1 spiro atoms. The summed E-state index contributed by atoms with van der Waals surface area (Å²) in [5.41, 5.74) is 1.65. The Kier molecular flexibility index (Phi) is 4.79. The molecule has 5 heterocycles. The second kappa shape index (κ2) is 7.54. The Balaban J connectivity index is 1.24. The maximum Gasteiger partial charge on any atom is 0.401 e. The van der Waals surface area contributed by atoms with Crippen molar-refractivity contribution < 1.29 is 13.2 Å². The summed E-state index contributed by atoms with van der Waals surface area (Å²) < 4.78 is 41.4. The quantitative estimate of drug-likeness (QED) is 0.558. The van der Waals surface area contributed by atoms with Crippen LogP contribution in [-0.2, 0) is 13.1 Å². The van der Waals surface area contributed by atoms with Gasteiger partial charge in [-0.3, -0.25) is 9.47 Å². The fourth-order valence-corrected chi connectivity index (χ4v) is 5.47. The fourth-order valence-electron chi connectivity index (χ4n) is 5.27. The molecule has 3 aliphatic heterocycles. The van der Waals surface area contributed by atoms with Crippen molar-refractivity contribution in [2.24, 2.45) is 5.41 Å². The van der Waals surface area contributed by atoms with E-state index >= 15 is 0 Å². The molecule has 0 unspecified atom stereocenters. The van der Waals surface area contributed by atoms with Gasteiger partial charge in [0.15, 0.2) is 5.82 Å². The first-order chi connectivity index (χ1) is 16.2. The van der Waals surface area contributed by atoms with Crippen LogP contribution in [0.1, 0.15) is 17.2 Å². The number of halogens is 4. The van der Waals surface area contributed by atoms with E-state index in [4.69, 9.17) is 11.6 Å². The van der Waals surface area contributed by atoms with Crippen molar-refractivity contribution in [2.45, 2.75) is 26.2 Å². The molecule has 6 rings (SSSR count). The lowest BCUT2D eigenvalue weighted by molar-refractivity contribution is -0.148. The molecule has 0 bridgehead atoms. The zero-order valence-corrected chi connectivity index (χ0v) is 19.2. The van der Waals surface area contributed by atoms with Crippen LogP contribution in [0.4, 0.5) is 24.9 Å². The number of alkyl halides is 3. The summed E-state index contributed by atoms with van der Waals surface area (Å²) >= 11 is 6.18. The Hall–Kier alpha value is -2.92. The van der Waals surface area contributed by atoms with Gasteiger partial charge in [0.25, 0.3) is 0 Å². The van der Waals surface area contributed by atoms with Crippen LogP contribution in [0.25, 0.3) is 5.69 Å². The number of fused-ring (bicyclic) bond motifs is 3. The average molecular weight is 491 g/mol. The van der Waals surface area contributed by atoms with Crippen molar-refractivity contribution >= 4 is 23.4 Å². The first-order valence-corrected chi connectivity index (χ1v) is 11.4. The van der Waals surface area contributed by atoms with Crippen molar-refractivity contribution in [3.63, 3.8) is 0 Å². The third-order valence-electron chi connectivity index (χ3n) is 6.63. The lowest BCUT2D eigenvalue weighted by atomic mass is 9.73. The van der Waals surface area contributed by atoms with Gasteiger partial charge in [-0.2, -0.15) is 13.2 Å². The van der Waals surface area contributed by atoms with Gasteiger partial charge in [0.1, 0.15) is 11.6 Å². The number of anilines is 2. The monoisotopic (exact) mass is 490 g/mol. The molecule has 0 radical (unpaired) electrons. The highest BCUT2D eigenvalue weighted by atomic mass is 35.5. The van der Waals surface area contributed by atoms with Crippen molar-refractivity contribution in [2.75, 3.05) is 42.5 Å². The summed E-state index contributed by atoms with van der Waals surface area (Å²) in [6.45, 7) is 4.45. The van der Waals surface area contributed by atoms with Gasteiger partial charge in [0.2, 0.25) is 5.95 Å². The molecule has 0 saturated carbocycles. The maximum absolute atomic E-state index is 13.2.